The lowest BCUT2D eigenvalue weighted by molar-refractivity contribution is 0.0894. The van der Waals surface area contributed by atoms with Gasteiger partial charge in [-0.1, -0.05) is 60.7 Å². The van der Waals surface area contributed by atoms with Gasteiger partial charge in [-0.3, -0.25) is 9.59 Å². The average molecular weight is 479 g/mol. The van der Waals surface area contributed by atoms with Crippen LogP contribution in [0.5, 0.6) is 5.75 Å². The molecular weight excluding hydrogens is 452 g/mol. The minimum Gasteiger partial charge on any atom is -0.489 e. The normalized spacial score (nSPS) is 14.9. The number of carbonyl (C=O) groups is 2. The van der Waals surface area contributed by atoms with Crippen LogP contribution < -0.4 is 10.1 Å². The molecule has 0 atom stereocenters. The van der Waals surface area contributed by atoms with Gasteiger partial charge in [-0.2, -0.15) is 4.31 Å². The van der Waals surface area contributed by atoms with Crippen LogP contribution in [0.3, 0.4) is 0 Å². The number of amides is 1. The molecule has 0 saturated carbocycles. The molecule has 1 aliphatic rings. The largest absolute Gasteiger partial charge is 0.489 e. The molecule has 0 aliphatic carbocycles. The maximum atomic E-state index is 12.8. The summed E-state index contributed by atoms with van der Waals surface area (Å²) in [6.07, 6.45) is 0.797. The third kappa shape index (κ3) is 5.52. The highest BCUT2D eigenvalue weighted by Crippen LogP contribution is 2.26. The van der Waals surface area contributed by atoms with E-state index in [0.717, 1.165) is 0 Å². The zero-order valence-electron chi connectivity index (χ0n) is 18.6. The molecule has 8 heteroatoms. The summed E-state index contributed by atoms with van der Waals surface area (Å²) in [5, 5.41) is 2.66. The third-order valence-corrected chi connectivity index (χ3v) is 7.63. The van der Waals surface area contributed by atoms with Crippen molar-refractivity contribution in [3.05, 3.63) is 96.1 Å². The van der Waals surface area contributed by atoms with Crippen molar-refractivity contribution < 1.29 is 22.7 Å². The summed E-state index contributed by atoms with van der Waals surface area (Å²) in [5.74, 6) is -0.167. The molecule has 34 heavy (non-hydrogen) atoms. The monoisotopic (exact) mass is 478 g/mol. The van der Waals surface area contributed by atoms with Crippen molar-refractivity contribution in [1.29, 1.82) is 0 Å². The van der Waals surface area contributed by atoms with Gasteiger partial charge in [0.1, 0.15) is 11.9 Å². The number of piperidine rings is 1. The number of sulfonamides is 1. The maximum absolute atomic E-state index is 12.8. The first-order chi connectivity index (χ1) is 16.4. The SMILES string of the molecule is O=C(CNC(=O)c1ccccc1OC1CCN(S(=O)(=O)c2ccccc2)CC1)c1ccccc1. The maximum Gasteiger partial charge on any atom is 0.255 e. The average Bonchev–Trinajstić information content (AvgIpc) is 2.89. The predicted octanol–water partition coefficient (Wildman–Crippen LogP) is 3.53. The molecule has 0 spiro atoms. The fourth-order valence-electron chi connectivity index (χ4n) is 3.85. The zero-order valence-corrected chi connectivity index (χ0v) is 19.4. The second kappa shape index (κ2) is 10.6. The van der Waals surface area contributed by atoms with Crippen LogP contribution in [-0.2, 0) is 10.0 Å². The first kappa shape index (κ1) is 23.7. The topological polar surface area (TPSA) is 92.8 Å². The minimum absolute atomic E-state index is 0.118. The number of ketones is 1. The molecule has 1 fully saturated rings. The first-order valence-electron chi connectivity index (χ1n) is 11.1. The van der Waals surface area contributed by atoms with E-state index in [2.05, 4.69) is 5.32 Å². The van der Waals surface area contributed by atoms with E-state index in [9.17, 15) is 18.0 Å². The molecule has 0 bridgehead atoms. The molecule has 1 N–H and O–H groups in total. The number of nitrogens with one attached hydrogen (secondary N) is 1. The van der Waals surface area contributed by atoms with Crippen molar-refractivity contribution in [2.45, 2.75) is 23.8 Å². The smallest absolute Gasteiger partial charge is 0.255 e. The Morgan fingerprint density at radius 3 is 2.12 bits per heavy atom. The van der Waals surface area contributed by atoms with Gasteiger partial charge in [-0.25, -0.2) is 8.42 Å². The predicted molar refractivity (Wildman–Crippen MR) is 128 cm³/mol. The molecule has 1 saturated heterocycles. The number of para-hydroxylation sites is 1. The highest BCUT2D eigenvalue weighted by Gasteiger charge is 2.30. The number of carbonyl (C=O) groups excluding carboxylic acids is 2. The van der Waals surface area contributed by atoms with E-state index >= 15 is 0 Å². The summed E-state index contributed by atoms with van der Waals surface area (Å²) < 4.78 is 33.2. The lowest BCUT2D eigenvalue weighted by Crippen LogP contribution is -2.41. The quantitative estimate of drug-likeness (QED) is 0.500. The van der Waals surface area contributed by atoms with Gasteiger partial charge in [0.2, 0.25) is 10.0 Å². The van der Waals surface area contributed by atoms with E-state index < -0.39 is 15.9 Å². The summed E-state index contributed by atoms with van der Waals surface area (Å²) in [5.41, 5.74) is 0.868. The molecule has 7 nitrogen and oxygen atoms in total. The Balaban J connectivity index is 1.35. The van der Waals surface area contributed by atoms with Gasteiger partial charge in [-0.15, -0.1) is 0 Å². The summed E-state index contributed by atoms with van der Waals surface area (Å²) in [6, 6.07) is 24.0. The van der Waals surface area contributed by atoms with Crippen molar-refractivity contribution in [3.8, 4) is 5.75 Å². The molecule has 4 rings (SSSR count). The second-order valence-electron chi connectivity index (χ2n) is 8.00. The van der Waals surface area contributed by atoms with E-state index in [4.69, 9.17) is 4.74 Å². The van der Waals surface area contributed by atoms with Crippen LogP contribution in [0, 0.1) is 0 Å². The van der Waals surface area contributed by atoms with Gasteiger partial charge in [0.25, 0.3) is 5.91 Å². The molecule has 1 aliphatic heterocycles. The number of nitrogens with zero attached hydrogens (tertiary/aromatic N) is 1. The fraction of sp³-hybridized carbons (Fsp3) is 0.231. The number of ether oxygens (including phenoxy) is 1. The first-order valence-corrected chi connectivity index (χ1v) is 12.6. The molecule has 0 radical (unpaired) electrons. The van der Waals surface area contributed by atoms with Gasteiger partial charge in [-0.05, 0) is 37.1 Å². The van der Waals surface area contributed by atoms with Crippen molar-refractivity contribution in [3.63, 3.8) is 0 Å². The number of hydrogen-bond donors (Lipinski definition) is 1. The Labute approximate surface area is 199 Å². The van der Waals surface area contributed by atoms with Crippen LogP contribution in [-0.4, -0.2) is 50.2 Å². The van der Waals surface area contributed by atoms with E-state index in [1.165, 1.54) is 4.31 Å². The van der Waals surface area contributed by atoms with Crippen LogP contribution in [0.1, 0.15) is 33.6 Å². The van der Waals surface area contributed by atoms with Crippen LogP contribution in [0.15, 0.2) is 89.8 Å². The Bertz CT molecular complexity index is 1240. The van der Waals surface area contributed by atoms with E-state index in [0.29, 0.717) is 42.8 Å². The molecule has 1 heterocycles. The molecule has 1 amide bonds. The Hall–Kier alpha value is -3.49. The van der Waals surface area contributed by atoms with Crippen LogP contribution >= 0.6 is 0 Å². The Morgan fingerprint density at radius 2 is 1.44 bits per heavy atom. The van der Waals surface area contributed by atoms with E-state index in [-0.39, 0.29) is 23.3 Å². The summed E-state index contributed by atoms with van der Waals surface area (Å²) in [4.78, 5) is 25.3. The van der Waals surface area contributed by atoms with Gasteiger partial charge >= 0.3 is 0 Å². The number of rotatable bonds is 8. The molecule has 176 valence electrons. The van der Waals surface area contributed by atoms with Crippen molar-refractivity contribution >= 4 is 21.7 Å². The second-order valence-corrected chi connectivity index (χ2v) is 9.94. The van der Waals surface area contributed by atoms with Gasteiger partial charge in [0, 0.05) is 18.7 Å². The van der Waals surface area contributed by atoms with Gasteiger partial charge in [0.05, 0.1) is 17.0 Å². The van der Waals surface area contributed by atoms with Crippen LogP contribution in [0.4, 0.5) is 0 Å². The molecule has 3 aromatic rings. The standard InChI is InChI=1S/C26H26N2O5S/c29-24(20-9-3-1-4-10-20)19-27-26(30)23-13-7-8-14-25(23)33-21-15-17-28(18-16-21)34(31,32)22-11-5-2-6-12-22/h1-14,21H,15-19H2,(H,27,30). The number of hydrogen-bond acceptors (Lipinski definition) is 5. The van der Waals surface area contributed by atoms with Crippen molar-refractivity contribution in [2.24, 2.45) is 0 Å². The van der Waals surface area contributed by atoms with Crippen LogP contribution in [0.2, 0.25) is 0 Å². The fourth-order valence-corrected chi connectivity index (χ4v) is 5.34. The van der Waals surface area contributed by atoms with Gasteiger partial charge < -0.3 is 10.1 Å². The molecule has 0 aromatic heterocycles. The third-order valence-electron chi connectivity index (χ3n) is 5.71. The highest BCUT2D eigenvalue weighted by molar-refractivity contribution is 7.89. The number of benzene rings is 3. The van der Waals surface area contributed by atoms with E-state index in [1.54, 1.807) is 78.9 Å². The molecule has 3 aromatic carbocycles. The highest BCUT2D eigenvalue weighted by atomic mass is 32.2. The van der Waals surface area contributed by atoms with Crippen molar-refractivity contribution in [2.75, 3.05) is 19.6 Å². The zero-order chi connectivity index (χ0) is 24.0. The Kier molecular flexibility index (Phi) is 7.40. The van der Waals surface area contributed by atoms with E-state index in [1.807, 2.05) is 6.07 Å². The molecular formula is C26H26N2O5S. The minimum atomic E-state index is -3.54. The van der Waals surface area contributed by atoms with Crippen molar-refractivity contribution in [1.82, 2.24) is 9.62 Å². The van der Waals surface area contributed by atoms with Gasteiger partial charge in [0.15, 0.2) is 5.78 Å². The number of Topliss-reactive ketones (excluding diaryl/α,β-unsaturated/α-hetero) is 1. The summed E-state index contributed by atoms with van der Waals surface area (Å²) in [7, 11) is -3.54. The van der Waals surface area contributed by atoms with Crippen LogP contribution in [0.25, 0.3) is 0 Å². The Morgan fingerprint density at radius 1 is 0.853 bits per heavy atom. The molecule has 0 unspecified atom stereocenters. The summed E-state index contributed by atoms with van der Waals surface area (Å²) >= 11 is 0. The summed E-state index contributed by atoms with van der Waals surface area (Å²) in [6.45, 7) is 0.552. The lowest BCUT2D eigenvalue weighted by atomic mass is 10.1. The lowest BCUT2D eigenvalue weighted by Gasteiger charge is -2.31.